The Morgan fingerprint density at radius 3 is 3.04 bits per heavy atom. The first-order valence-corrected chi connectivity index (χ1v) is 8.41. The fourth-order valence-electron chi connectivity index (χ4n) is 3.76. The number of carbonyl (C=O) groups excluding carboxylic acids is 1. The second-order valence-corrected chi connectivity index (χ2v) is 6.45. The lowest BCUT2D eigenvalue weighted by molar-refractivity contribution is -0.129. The molecule has 0 spiro atoms. The number of aromatic nitrogens is 2. The Morgan fingerprint density at radius 2 is 2.17 bits per heavy atom. The first-order chi connectivity index (χ1) is 11.3. The Kier molecular flexibility index (Phi) is 3.77. The number of amides is 1. The first-order valence-electron chi connectivity index (χ1n) is 8.41. The van der Waals surface area contributed by atoms with Gasteiger partial charge in [0.1, 0.15) is 0 Å². The maximum absolute atomic E-state index is 12.5. The summed E-state index contributed by atoms with van der Waals surface area (Å²) < 4.78 is 0. The summed E-state index contributed by atoms with van der Waals surface area (Å²) in [5.41, 5.74) is 3.85. The van der Waals surface area contributed by atoms with Gasteiger partial charge in [0, 0.05) is 56.1 Å². The highest BCUT2D eigenvalue weighted by Gasteiger charge is 2.28. The van der Waals surface area contributed by atoms with E-state index in [1.54, 1.807) is 6.20 Å². The fourth-order valence-corrected chi connectivity index (χ4v) is 3.76. The summed E-state index contributed by atoms with van der Waals surface area (Å²) in [5.74, 6) is 0.686. The molecule has 0 bridgehead atoms. The lowest BCUT2D eigenvalue weighted by atomic mass is 10.1. The molecule has 0 saturated carbocycles. The van der Waals surface area contributed by atoms with E-state index in [2.05, 4.69) is 39.4 Å². The number of hydrogen-bond acceptors (Lipinski definition) is 3. The number of para-hydroxylation sites is 1. The first kappa shape index (κ1) is 14.3. The highest BCUT2D eigenvalue weighted by atomic mass is 16.2. The highest BCUT2D eigenvalue weighted by molar-refractivity contribution is 5.77. The summed E-state index contributed by atoms with van der Waals surface area (Å²) in [6.45, 7) is 3.53. The van der Waals surface area contributed by atoms with E-state index in [1.165, 1.54) is 11.3 Å². The van der Waals surface area contributed by atoms with Crippen LogP contribution in [0.2, 0.25) is 0 Å². The molecule has 5 heteroatoms. The number of nitrogens with one attached hydrogen (secondary N) is 1. The zero-order valence-electron chi connectivity index (χ0n) is 13.2. The van der Waals surface area contributed by atoms with Crippen LogP contribution in [0.3, 0.4) is 0 Å². The summed E-state index contributed by atoms with van der Waals surface area (Å²) in [6.07, 6.45) is 4.51. The van der Waals surface area contributed by atoms with Gasteiger partial charge < -0.3 is 9.80 Å². The molecule has 1 atom stereocenters. The number of carbonyl (C=O) groups is 1. The minimum absolute atomic E-state index is 0.274. The average Bonchev–Trinajstić information content (AvgIpc) is 3.31. The topological polar surface area (TPSA) is 52.2 Å². The predicted octanol–water partition coefficient (Wildman–Crippen LogP) is 2.18. The van der Waals surface area contributed by atoms with Crippen molar-refractivity contribution >= 4 is 11.6 Å². The number of fused-ring (bicyclic) bond motifs is 1. The molecular weight excluding hydrogens is 288 g/mol. The molecule has 2 aromatic rings. The van der Waals surface area contributed by atoms with Gasteiger partial charge in [-0.15, -0.1) is 0 Å². The number of likely N-dealkylation sites (tertiary alicyclic amines) is 1. The summed E-state index contributed by atoms with van der Waals surface area (Å²) >= 11 is 0. The Bertz CT molecular complexity index is 682. The molecule has 1 fully saturated rings. The number of hydrogen-bond donors (Lipinski definition) is 1. The fraction of sp³-hybridized carbons (Fsp3) is 0.444. The van der Waals surface area contributed by atoms with Gasteiger partial charge in [0.25, 0.3) is 0 Å². The molecule has 120 valence electrons. The molecule has 0 radical (unpaired) electrons. The van der Waals surface area contributed by atoms with Crippen LogP contribution in [0.5, 0.6) is 0 Å². The van der Waals surface area contributed by atoms with Crippen LogP contribution in [-0.2, 0) is 11.2 Å². The second-order valence-electron chi connectivity index (χ2n) is 6.45. The molecule has 1 amide bonds. The largest absolute Gasteiger partial charge is 0.370 e. The van der Waals surface area contributed by atoms with Crippen molar-refractivity contribution in [2.45, 2.75) is 25.2 Å². The van der Waals surface area contributed by atoms with E-state index in [9.17, 15) is 4.79 Å². The molecule has 1 aromatic heterocycles. The van der Waals surface area contributed by atoms with Crippen molar-refractivity contribution in [3.8, 4) is 0 Å². The van der Waals surface area contributed by atoms with Crippen molar-refractivity contribution in [3.05, 3.63) is 47.8 Å². The Morgan fingerprint density at radius 1 is 1.26 bits per heavy atom. The second kappa shape index (κ2) is 6.07. The van der Waals surface area contributed by atoms with Crippen molar-refractivity contribution in [2.24, 2.45) is 0 Å². The van der Waals surface area contributed by atoms with Gasteiger partial charge in [-0.05, 0) is 30.5 Å². The van der Waals surface area contributed by atoms with Gasteiger partial charge in [-0.2, -0.15) is 5.10 Å². The summed E-state index contributed by atoms with van der Waals surface area (Å²) in [6, 6.07) is 10.5. The number of aromatic amines is 1. The molecule has 2 aliphatic rings. The van der Waals surface area contributed by atoms with E-state index in [-0.39, 0.29) is 5.91 Å². The van der Waals surface area contributed by atoms with Crippen molar-refractivity contribution in [3.63, 3.8) is 0 Å². The number of benzene rings is 1. The summed E-state index contributed by atoms with van der Waals surface area (Å²) in [7, 11) is 0. The van der Waals surface area contributed by atoms with E-state index in [0.29, 0.717) is 12.3 Å². The molecular formula is C18H22N4O. The van der Waals surface area contributed by atoms with Crippen LogP contribution in [0.25, 0.3) is 0 Å². The third-order valence-electron chi connectivity index (χ3n) is 5.08. The molecule has 1 N–H and O–H groups in total. The molecule has 23 heavy (non-hydrogen) atoms. The average molecular weight is 310 g/mol. The SMILES string of the molecule is O=C(CCN1CCc2ccccc21)N1CCC(c2ccn[nH]2)C1. The summed E-state index contributed by atoms with van der Waals surface area (Å²) in [5, 5.41) is 7.04. The van der Waals surface area contributed by atoms with Crippen molar-refractivity contribution in [2.75, 3.05) is 31.1 Å². The van der Waals surface area contributed by atoms with Crippen LogP contribution in [0.4, 0.5) is 5.69 Å². The minimum atomic E-state index is 0.274. The van der Waals surface area contributed by atoms with Gasteiger partial charge in [-0.3, -0.25) is 9.89 Å². The molecule has 4 rings (SSSR count). The molecule has 1 saturated heterocycles. The number of nitrogens with zero attached hydrogens (tertiary/aromatic N) is 3. The Hall–Kier alpha value is -2.30. The predicted molar refractivity (Wildman–Crippen MR) is 89.5 cm³/mol. The van der Waals surface area contributed by atoms with E-state index in [0.717, 1.165) is 44.7 Å². The van der Waals surface area contributed by atoms with Gasteiger partial charge in [0.05, 0.1) is 0 Å². The minimum Gasteiger partial charge on any atom is -0.370 e. The maximum Gasteiger partial charge on any atom is 0.224 e. The van der Waals surface area contributed by atoms with Crippen LogP contribution in [0.1, 0.15) is 30.0 Å². The quantitative estimate of drug-likeness (QED) is 0.942. The monoisotopic (exact) mass is 310 g/mol. The molecule has 1 aromatic carbocycles. The van der Waals surface area contributed by atoms with Crippen molar-refractivity contribution in [1.29, 1.82) is 0 Å². The molecule has 3 heterocycles. The Labute approximate surface area is 136 Å². The third kappa shape index (κ3) is 2.83. The lowest BCUT2D eigenvalue weighted by Crippen LogP contribution is -2.32. The van der Waals surface area contributed by atoms with Crippen LogP contribution >= 0.6 is 0 Å². The zero-order chi connectivity index (χ0) is 15.6. The van der Waals surface area contributed by atoms with Gasteiger partial charge in [0.2, 0.25) is 5.91 Å². The van der Waals surface area contributed by atoms with Gasteiger partial charge in [-0.25, -0.2) is 0 Å². The standard InChI is InChI=1S/C18H22N4O/c23-18(22-11-7-15(13-22)16-5-9-19-20-16)8-12-21-10-6-14-3-1-2-4-17(14)21/h1-5,9,15H,6-8,10-13H2,(H,19,20). The third-order valence-corrected chi connectivity index (χ3v) is 5.08. The van der Waals surface area contributed by atoms with E-state index >= 15 is 0 Å². The summed E-state index contributed by atoms with van der Waals surface area (Å²) in [4.78, 5) is 16.9. The Balaban J connectivity index is 1.31. The maximum atomic E-state index is 12.5. The molecule has 5 nitrogen and oxygen atoms in total. The number of anilines is 1. The van der Waals surface area contributed by atoms with E-state index < -0.39 is 0 Å². The van der Waals surface area contributed by atoms with Crippen molar-refractivity contribution in [1.82, 2.24) is 15.1 Å². The van der Waals surface area contributed by atoms with Crippen LogP contribution in [0.15, 0.2) is 36.5 Å². The zero-order valence-corrected chi connectivity index (χ0v) is 13.2. The number of H-pyrrole nitrogens is 1. The van der Waals surface area contributed by atoms with Crippen molar-refractivity contribution < 1.29 is 4.79 Å². The number of rotatable bonds is 4. The lowest BCUT2D eigenvalue weighted by Gasteiger charge is -2.21. The van der Waals surface area contributed by atoms with Crippen LogP contribution < -0.4 is 4.90 Å². The van der Waals surface area contributed by atoms with Crippen LogP contribution in [-0.4, -0.2) is 47.2 Å². The molecule has 0 aliphatic carbocycles. The van der Waals surface area contributed by atoms with Gasteiger partial charge in [0.15, 0.2) is 0 Å². The molecule has 2 aliphatic heterocycles. The smallest absolute Gasteiger partial charge is 0.224 e. The van der Waals surface area contributed by atoms with E-state index in [4.69, 9.17) is 0 Å². The van der Waals surface area contributed by atoms with Gasteiger partial charge >= 0.3 is 0 Å². The van der Waals surface area contributed by atoms with Crippen LogP contribution in [0, 0.1) is 0 Å². The normalized spacial score (nSPS) is 20.1. The van der Waals surface area contributed by atoms with E-state index in [1.807, 2.05) is 11.0 Å². The molecule has 1 unspecified atom stereocenters. The van der Waals surface area contributed by atoms with Gasteiger partial charge in [-0.1, -0.05) is 18.2 Å². The highest BCUT2D eigenvalue weighted by Crippen LogP contribution is 2.28.